The van der Waals surface area contributed by atoms with Crippen molar-refractivity contribution in [3.8, 4) is 40.2 Å². The molecule has 3 saturated heterocycles. The molecule has 0 saturated carbocycles. The molecule has 4 aliphatic heterocycles. The third kappa shape index (κ3) is 10.5. The number of carbonyl (C=O) groups excluding carboxylic acids is 1. The molecule has 4 aliphatic rings. The maximum Gasteiger partial charge on any atom is 0.330 e. The Balaban J connectivity index is 1.25. The lowest BCUT2D eigenvalue weighted by atomic mass is 9.97. The van der Waals surface area contributed by atoms with Crippen molar-refractivity contribution in [2.24, 2.45) is 0 Å². The Morgan fingerprint density at radius 3 is 1.94 bits per heavy atom. The molecule has 67 heavy (non-hydrogen) atoms. The van der Waals surface area contributed by atoms with E-state index in [1.54, 1.807) is 0 Å². The molecule has 0 aromatic heterocycles. The Morgan fingerprint density at radius 2 is 1.28 bits per heavy atom. The summed E-state index contributed by atoms with van der Waals surface area (Å²) in [6.45, 7) is -2.40. The predicted molar refractivity (Wildman–Crippen MR) is 220 cm³/mol. The van der Waals surface area contributed by atoms with Crippen molar-refractivity contribution in [3.63, 3.8) is 0 Å². The molecule has 15 N–H and O–H groups in total. The topological polar surface area (TPSA) is 387 Å². The van der Waals surface area contributed by atoms with Crippen molar-refractivity contribution in [2.75, 3.05) is 26.9 Å². The van der Waals surface area contributed by atoms with Crippen LogP contribution in [-0.4, -0.2) is 201 Å². The second-order valence-corrected chi connectivity index (χ2v) is 15.9. The van der Waals surface area contributed by atoms with Gasteiger partial charge in [-0.15, -0.1) is 0 Å². The molecule has 0 bridgehead atoms. The molecule has 7 rings (SSSR count). The molecule has 4 heterocycles. The normalized spacial score (nSPS) is 34.1. The summed E-state index contributed by atoms with van der Waals surface area (Å²) in [7, 11) is 1.28. The number of benzene rings is 3. The number of phenolic OH excluding ortho intramolecular Hbond substituents is 4. The Hall–Kier alpha value is -5.55. The molecule has 0 radical (unpaired) electrons. The number of esters is 1. The third-order valence-corrected chi connectivity index (χ3v) is 11.4. The van der Waals surface area contributed by atoms with Crippen molar-refractivity contribution >= 4 is 18.1 Å². The first-order valence-corrected chi connectivity index (χ1v) is 20.6. The highest BCUT2D eigenvalue weighted by Crippen LogP contribution is 2.48. The molecule has 16 unspecified atom stereocenters. The van der Waals surface area contributed by atoms with E-state index in [4.69, 9.17) is 42.6 Å². The maximum absolute atomic E-state index is 12.8. The lowest BCUT2D eigenvalue weighted by Crippen LogP contribution is -2.64. The van der Waals surface area contributed by atoms with Gasteiger partial charge in [-0.1, -0.05) is 6.07 Å². The highest BCUT2D eigenvalue weighted by molar-refractivity contribution is 5.87. The van der Waals surface area contributed by atoms with E-state index in [1.807, 2.05) is 0 Å². The fraction of sp³-hybridized carbons (Fsp3) is 0.465. The van der Waals surface area contributed by atoms with Gasteiger partial charge in [-0.2, -0.15) is 0 Å². The smallest absolute Gasteiger partial charge is 0.330 e. The summed E-state index contributed by atoms with van der Waals surface area (Å²) in [5.41, 5.74) is 0.561. The number of hydrogen-bond acceptors (Lipinski definition) is 23. The van der Waals surface area contributed by atoms with Crippen molar-refractivity contribution in [1.82, 2.24) is 0 Å². The fourth-order valence-corrected chi connectivity index (χ4v) is 7.63. The standard InChI is InChI=1S/C43H50O24/c1-59-25-9-17(4-6-21(25)48)39-26(12-19-23(61-39)10-18(46)11-24(19)62-41-37(57)34(54)31(51)27(13-44)64-41)63-43-40(67-42-38(58)35(55)32(52)28(14-45)65-42)36(56)33(53)29(66-43)15-60-30(50)7-3-16-2-5-20(47)22(49)8-16/h2-12,27-29,31-49,51-58H,13-15H2,1H3/p+1. The van der Waals surface area contributed by atoms with Crippen molar-refractivity contribution in [1.29, 1.82) is 0 Å². The minimum Gasteiger partial charge on any atom is -0.571 e. The Labute approximate surface area is 379 Å². The second-order valence-electron chi connectivity index (χ2n) is 15.9. The van der Waals surface area contributed by atoms with Gasteiger partial charge in [-0.3, -0.25) is 0 Å². The zero-order chi connectivity index (χ0) is 48.4. The molecular weight excluding hydrogens is 900 g/mol. The average Bonchev–Trinajstić information content (AvgIpc) is 3.31. The van der Waals surface area contributed by atoms with E-state index in [0.717, 1.165) is 12.1 Å². The van der Waals surface area contributed by atoms with Gasteiger partial charge in [-0.05, 0) is 42.0 Å². The lowest BCUT2D eigenvalue weighted by Gasteiger charge is -2.46. The van der Waals surface area contributed by atoms with Gasteiger partial charge in [0.15, 0.2) is 41.2 Å². The number of aromatic hydroxyl groups is 5. The minimum absolute atomic E-state index is 0.00811. The van der Waals surface area contributed by atoms with E-state index in [1.165, 1.54) is 61.7 Å². The molecule has 0 aliphatic carbocycles. The minimum atomic E-state index is -2.06. The van der Waals surface area contributed by atoms with Crippen LogP contribution in [0, 0.1) is 0 Å². The molecule has 0 amide bonds. The van der Waals surface area contributed by atoms with Crippen LogP contribution >= 0.6 is 0 Å². The van der Waals surface area contributed by atoms with Crippen molar-refractivity contribution in [3.05, 3.63) is 77.1 Å². The first-order valence-electron chi connectivity index (χ1n) is 20.6. The number of methoxy groups -OCH3 is 1. The van der Waals surface area contributed by atoms with Crippen LogP contribution in [0.5, 0.6) is 40.2 Å². The highest BCUT2D eigenvalue weighted by Gasteiger charge is 2.53. The van der Waals surface area contributed by atoms with Crippen LogP contribution in [-0.2, 0) is 33.2 Å². The summed E-state index contributed by atoms with van der Waals surface area (Å²) in [5.74, 6) is -3.01. The van der Waals surface area contributed by atoms with Gasteiger partial charge in [0, 0.05) is 18.2 Å². The molecule has 366 valence electrons. The summed E-state index contributed by atoms with van der Waals surface area (Å²) in [6, 6.07) is 10.1. The van der Waals surface area contributed by atoms with Gasteiger partial charge >= 0.3 is 5.97 Å². The molecule has 3 fully saturated rings. The summed E-state index contributed by atoms with van der Waals surface area (Å²) in [5, 5.41) is 147. The quantitative estimate of drug-likeness (QED) is 0.0330. The van der Waals surface area contributed by atoms with Crippen molar-refractivity contribution < 1.29 is 119 Å². The summed E-state index contributed by atoms with van der Waals surface area (Å²) >= 11 is 0. The second kappa shape index (κ2) is 20.8. The Morgan fingerprint density at radius 1 is 0.657 bits per heavy atom. The van der Waals surface area contributed by atoms with E-state index >= 15 is 0 Å². The zero-order valence-electron chi connectivity index (χ0n) is 35.1. The Kier molecular flexibility index (Phi) is 15.3. The van der Waals surface area contributed by atoms with Gasteiger partial charge < -0.3 is 114 Å². The summed E-state index contributed by atoms with van der Waals surface area (Å²) in [4.78, 5) is 12.8. The van der Waals surface area contributed by atoms with Gasteiger partial charge in [0.1, 0.15) is 90.8 Å². The molecule has 3 aromatic carbocycles. The number of rotatable bonds is 14. The van der Waals surface area contributed by atoms with Crippen molar-refractivity contribution in [2.45, 2.75) is 98.2 Å². The summed E-state index contributed by atoms with van der Waals surface area (Å²) in [6.07, 6.45) is -25.0. The molecular formula is C43H51O24+. The highest BCUT2D eigenvalue weighted by atomic mass is 16.8. The SMILES string of the molecule is COc1cc(C2[OH+]c3cc(O)cc(OC4OC(CO)C(O)C(O)C4O)c3C=C2OC2OC(COC(=O)C=Cc3ccc(O)c(O)c3)C(O)C(O)C2OC2OC(CO)C(O)C(O)C2O)ccc1O. The number of hydrogen-bond donors (Lipinski definition) is 14. The average molecular weight is 952 g/mol. The zero-order valence-corrected chi connectivity index (χ0v) is 35.1. The fourth-order valence-electron chi connectivity index (χ4n) is 7.63. The van der Waals surface area contributed by atoms with Crippen LogP contribution in [0.4, 0.5) is 0 Å². The molecule has 16 atom stereocenters. The van der Waals surface area contributed by atoms with Crippen LogP contribution in [0.25, 0.3) is 12.2 Å². The van der Waals surface area contributed by atoms with Gasteiger partial charge in [0.2, 0.25) is 12.6 Å². The van der Waals surface area contributed by atoms with E-state index in [2.05, 4.69) is 0 Å². The molecule has 24 nitrogen and oxygen atoms in total. The largest absolute Gasteiger partial charge is 0.571 e. The molecule has 24 heteroatoms. The van der Waals surface area contributed by atoms with E-state index in [-0.39, 0.29) is 39.9 Å². The monoisotopic (exact) mass is 951 g/mol. The van der Waals surface area contributed by atoms with Crippen LogP contribution in [0.3, 0.4) is 0 Å². The first kappa shape index (κ1) is 49.4. The van der Waals surface area contributed by atoms with Gasteiger partial charge in [0.25, 0.3) is 11.9 Å². The Bertz CT molecular complexity index is 2270. The number of aliphatic hydroxyl groups is 11. The van der Waals surface area contributed by atoms with Gasteiger partial charge in [-0.25, -0.2) is 4.79 Å². The molecule has 0 spiro atoms. The number of ether oxygens (including phenoxy) is 9. The van der Waals surface area contributed by atoms with Crippen LogP contribution in [0.15, 0.2) is 60.4 Å². The first-order chi connectivity index (χ1) is 31.9. The van der Waals surface area contributed by atoms with E-state index in [9.17, 15) is 76.3 Å². The van der Waals surface area contributed by atoms with Crippen LogP contribution in [0.1, 0.15) is 22.8 Å². The lowest BCUT2D eigenvalue weighted by molar-refractivity contribution is -0.364. The number of phenols is 4. The van der Waals surface area contributed by atoms with Crippen LogP contribution in [0.2, 0.25) is 0 Å². The predicted octanol–water partition coefficient (Wildman–Crippen LogP) is -3.06. The number of aliphatic hydroxyl groups excluding tert-OH is 10. The van der Waals surface area contributed by atoms with E-state index in [0.29, 0.717) is 5.56 Å². The molecule has 3 aromatic rings. The van der Waals surface area contributed by atoms with Gasteiger partial charge in [0.05, 0.1) is 32.0 Å². The van der Waals surface area contributed by atoms with Crippen LogP contribution < -0.4 is 9.47 Å². The maximum atomic E-state index is 12.8. The third-order valence-electron chi connectivity index (χ3n) is 11.4. The summed E-state index contributed by atoms with van der Waals surface area (Å²) < 4.78 is 50.8. The number of fused-ring (bicyclic) bond motifs is 1. The van der Waals surface area contributed by atoms with E-state index < -0.39 is 141 Å². The number of carbonyl (C=O) groups is 1.